The predicted octanol–water partition coefficient (Wildman–Crippen LogP) is 3.98. The number of anilines is 2. The monoisotopic (exact) mass is 416 g/mol. The van der Waals surface area contributed by atoms with Gasteiger partial charge in [-0.25, -0.2) is 4.98 Å². The topological polar surface area (TPSA) is 75.5 Å². The fourth-order valence-corrected chi connectivity index (χ4v) is 3.14. The maximum atomic E-state index is 13.6. The van der Waals surface area contributed by atoms with Crippen molar-refractivity contribution >= 4 is 22.9 Å². The lowest BCUT2D eigenvalue weighted by molar-refractivity contribution is -0.137. The SMILES string of the molecule is Cc1ccc2nc(CNc3ccc(NC(=O)C4CC4)cc3C(F)(F)F)cc(=O)n2c1. The van der Waals surface area contributed by atoms with Gasteiger partial charge < -0.3 is 10.6 Å². The Hall–Kier alpha value is -3.36. The van der Waals surface area contributed by atoms with Gasteiger partial charge in [-0.15, -0.1) is 0 Å². The minimum absolute atomic E-state index is 0.0591. The van der Waals surface area contributed by atoms with E-state index >= 15 is 0 Å². The van der Waals surface area contributed by atoms with Crippen LogP contribution >= 0.6 is 0 Å². The number of pyridine rings is 1. The van der Waals surface area contributed by atoms with Crippen molar-refractivity contribution in [1.82, 2.24) is 9.38 Å². The normalized spacial score (nSPS) is 14.0. The molecule has 0 radical (unpaired) electrons. The number of halogens is 3. The number of hydrogen-bond acceptors (Lipinski definition) is 4. The third-order valence-electron chi connectivity index (χ3n) is 4.86. The lowest BCUT2D eigenvalue weighted by Gasteiger charge is -2.16. The molecule has 2 N–H and O–H groups in total. The number of nitrogens with zero attached hydrogens (tertiary/aromatic N) is 2. The molecule has 1 aliphatic rings. The summed E-state index contributed by atoms with van der Waals surface area (Å²) in [4.78, 5) is 28.4. The van der Waals surface area contributed by atoms with Gasteiger partial charge in [0.15, 0.2) is 0 Å². The summed E-state index contributed by atoms with van der Waals surface area (Å²) in [6.45, 7) is 1.78. The van der Waals surface area contributed by atoms with E-state index in [4.69, 9.17) is 0 Å². The van der Waals surface area contributed by atoms with Crippen LogP contribution in [0, 0.1) is 12.8 Å². The summed E-state index contributed by atoms with van der Waals surface area (Å²) in [5.74, 6) is -0.376. The number of amides is 1. The first kappa shape index (κ1) is 19.9. The molecular formula is C21H19F3N4O2. The molecule has 1 fully saturated rings. The van der Waals surface area contributed by atoms with E-state index in [0.717, 1.165) is 24.5 Å². The highest BCUT2D eigenvalue weighted by atomic mass is 19.4. The van der Waals surface area contributed by atoms with Crippen molar-refractivity contribution in [3.05, 3.63) is 69.8 Å². The molecule has 30 heavy (non-hydrogen) atoms. The van der Waals surface area contributed by atoms with Gasteiger partial charge in [-0.05, 0) is 49.6 Å². The fraction of sp³-hybridized carbons (Fsp3) is 0.286. The average Bonchev–Trinajstić information content (AvgIpc) is 3.52. The Labute approximate surface area is 169 Å². The minimum Gasteiger partial charge on any atom is -0.379 e. The van der Waals surface area contributed by atoms with Gasteiger partial charge in [-0.2, -0.15) is 13.2 Å². The van der Waals surface area contributed by atoms with E-state index in [1.165, 1.54) is 22.6 Å². The van der Waals surface area contributed by atoms with E-state index < -0.39 is 11.7 Å². The maximum absolute atomic E-state index is 13.6. The molecule has 0 spiro atoms. The molecule has 1 aliphatic carbocycles. The van der Waals surface area contributed by atoms with Crippen LogP contribution < -0.4 is 16.2 Å². The molecular weight excluding hydrogens is 397 g/mol. The highest BCUT2D eigenvalue weighted by molar-refractivity contribution is 5.94. The first-order valence-electron chi connectivity index (χ1n) is 9.45. The molecule has 6 nitrogen and oxygen atoms in total. The fourth-order valence-electron chi connectivity index (χ4n) is 3.14. The third kappa shape index (κ3) is 4.29. The third-order valence-corrected chi connectivity index (χ3v) is 4.86. The van der Waals surface area contributed by atoms with Crippen LogP contribution in [0.2, 0.25) is 0 Å². The van der Waals surface area contributed by atoms with Crippen LogP contribution in [0.5, 0.6) is 0 Å². The first-order chi connectivity index (χ1) is 14.2. The van der Waals surface area contributed by atoms with E-state index in [9.17, 15) is 22.8 Å². The van der Waals surface area contributed by atoms with Gasteiger partial charge in [-0.3, -0.25) is 14.0 Å². The average molecular weight is 416 g/mol. The molecule has 1 amide bonds. The van der Waals surface area contributed by atoms with E-state index in [-0.39, 0.29) is 35.3 Å². The molecule has 0 atom stereocenters. The van der Waals surface area contributed by atoms with Crippen molar-refractivity contribution in [2.24, 2.45) is 5.92 Å². The number of rotatable bonds is 5. The number of benzene rings is 1. The molecule has 4 rings (SSSR count). The first-order valence-corrected chi connectivity index (χ1v) is 9.45. The number of carbonyl (C=O) groups excluding carboxylic acids is 1. The van der Waals surface area contributed by atoms with Crippen LogP contribution in [0.25, 0.3) is 5.65 Å². The van der Waals surface area contributed by atoms with Crippen LogP contribution in [0.4, 0.5) is 24.5 Å². The Morgan fingerprint density at radius 1 is 1.20 bits per heavy atom. The van der Waals surface area contributed by atoms with Crippen LogP contribution in [0.3, 0.4) is 0 Å². The summed E-state index contributed by atoms with van der Waals surface area (Å²) in [5, 5.41) is 5.24. The summed E-state index contributed by atoms with van der Waals surface area (Å²) < 4.78 is 42.0. The molecule has 0 bridgehead atoms. The molecule has 3 aromatic rings. The lowest BCUT2D eigenvalue weighted by atomic mass is 10.1. The largest absolute Gasteiger partial charge is 0.418 e. The molecule has 2 aromatic heterocycles. The van der Waals surface area contributed by atoms with Crippen LogP contribution in [-0.4, -0.2) is 15.3 Å². The minimum atomic E-state index is -4.61. The lowest BCUT2D eigenvalue weighted by Crippen LogP contribution is -2.18. The van der Waals surface area contributed by atoms with E-state index in [1.807, 2.05) is 6.92 Å². The molecule has 1 saturated carbocycles. The number of aryl methyl sites for hydroxylation is 1. The summed E-state index contributed by atoms with van der Waals surface area (Å²) in [5.41, 5.74) is 0.363. The van der Waals surface area contributed by atoms with Gasteiger partial charge in [0, 0.05) is 29.6 Å². The van der Waals surface area contributed by atoms with Gasteiger partial charge in [0.25, 0.3) is 5.56 Å². The van der Waals surface area contributed by atoms with Gasteiger partial charge in [0.1, 0.15) is 5.65 Å². The highest BCUT2D eigenvalue weighted by Crippen LogP contribution is 2.37. The summed E-state index contributed by atoms with van der Waals surface area (Å²) in [6, 6.07) is 8.37. The molecule has 0 saturated heterocycles. The molecule has 0 unspecified atom stereocenters. The molecule has 0 aliphatic heterocycles. The van der Waals surface area contributed by atoms with Gasteiger partial charge >= 0.3 is 6.18 Å². The number of hydrogen-bond donors (Lipinski definition) is 2. The maximum Gasteiger partial charge on any atom is 0.418 e. The van der Waals surface area contributed by atoms with E-state index in [1.54, 1.807) is 18.3 Å². The summed E-state index contributed by atoms with van der Waals surface area (Å²) in [7, 11) is 0. The second-order valence-electron chi connectivity index (χ2n) is 7.40. The van der Waals surface area contributed by atoms with Crippen molar-refractivity contribution in [2.75, 3.05) is 10.6 Å². The van der Waals surface area contributed by atoms with Crippen molar-refractivity contribution in [3.8, 4) is 0 Å². The molecule has 156 valence electrons. The molecule has 2 heterocycles. The van der Waals surface area contributed by atoms with Crippen molar-refractivity contribution in [3.63, 3.8) is 0 Å². The molecule has 1 aromatic carbocycles. The zero-order valence-electron chi connectivity index (χ0n) is 16.1. The number of alkyl halides is 3. The van der Waals surface area contributed by atoms with E-state index in [2.05, 4.69) is 15.6 Å². The zero-order valence-corrected chi connectivity index (χ0v) is 16.1. The van der Waals surface area contributed by atoms with Crippen LogP contribution in [-0.2, 0) is 17.5 Å². The quantitative estimate of drug-likeness (QED) is 0.660. The second-order valence-corrected chi connectivity index (χ2v) is 7.40. The number of nitrogens with one attached hydrogen (secondary N) is 2. The predicted molar refractivity (Wildman–Crippen MR) is 106 cm³/mol. The van der Waals surface area contributed by atoms with E-state index in [0.29, 0.717) is 11.3 Å². The smallest absolute Gasteiger partial charge is 0.379 e. The number of carbonyl (C=O) groups is 1. The van der Waals surface area contributed by atoms with Crippen LogP contribution in [0.15, 0.2) is 47.4 Å². The second kappa shape index (κ2) is 7.47. The van der Waals surface area contributed by atoms with Crippen molar-refractivity contribution in [2.45, 2.75) is 32.5 Å². The standard InChI is InChI=1S/C21H19F3N4O2/c1-12-2-7-18-26-15(9-19(29)28(18)11-12)10-25-17-6-5-14(8-16(17)21(22,23)24)27-20(30)13-3-4-13/h2,5-9,11,13,25H,3-4,10H2,1H3,(H,27,30). The Morgan fingerprint density at radius 2 is 1.97 bits per heavy atom. The van der Waals surface area contributed by atoms with Gasteiger partial charge in [0.05, 0.1) is 17.8 Å². The van der Waals surface area contributed by atoms with Crippen LogP contribution in [0.1, 0.15) is 29.7 Å². The Kier molecular flexibility index (Phi) is 4.97. The highest BCUT2D eigenvalue weighted by Gasteiger charge is 2.35. The van der Waals surface area contributed by atoms with Gasteiger partial charge in [0.2, 0.25) is 5.91 Å². The Morgan fingerprint density at radius 3 is 2.67 bits per heavy atom. The Bertz CT molecular complexity index is 1180. The summed E-state index contributed by atoms with van der Waals surface area (Å²) in [6.07, 6.45) is -1.44. The van der Waals surface area contributed by atoms with Crippen molar-refractivity contribution in [1.29, 1.82) is 0 Å². The number of aromatic nitrogens is 2. The Balaban J connectivity index is 1.57. The zero-order chi connectivity index (χ0) is 21.5. The summed E-state index contributed by atoms with van der Waals surface area (Å²) >= 11 is 0. The van der Waals surface area contributed by atoms with Crippen molar-refractivity contribution < 1.29 is 18.0 Å². The van der Waals surface area contributed by atoms with Gasteiger partial charge in [-0.1, -0.05) is 6.07 Å². The number of fused-ring (bicyclic) bond motifs is 1. The molecule has 9 heteroatoms.